The summed E-state index contributed by atoms with van der Waals surface area (Å²) in [6, 6.07) is 27.7. The minimum atomic E-state index is -0.159. The molecule has 0 unspecified atom stereocenters. The van der Waals surface area contributed by atoms with Crippen LogP contribution in [0.3, 0.4) is 0 Å². The first-order valence-corrected chi connectivity index (χ1v) is 12.7. The molecule has 0 saturated carbocycles. The Hall–Kier alpha value is -4.10. The van der Waals surface area contributed by atoms with Gasteiger partial charge in [0.15, 0.2) is 5.16 Å². The molecule has 0 bridgehead atoms. The Morgan fingerprint density at radius 3 is 2.36 bits per heavy atom. The van der Waals surface area contributed by atoms with Gasteiger partial charge in [-0.3, -0.25) is 14.2 Å². The molecule has 0 atom stereocenters. The maximum absolute atomic E-state index is 13.6. The predicted octanol–water partition coefficient (Wildman–Crippen LogP) is 5.16. The number of carbonyl (C=O) groups is 1. The van der Waals surface area contributed by atoms with Crippen molar-refractivity contribution in [2.75, 3.05) is 5.75 Å². The highest BCUT2D eigenvalue weighted by Gasteiger charge is 2.18. The van der Waals surface area contributed by atoms with E-state index in [-0.39, 0.29) is 17.2 Å². The van der Waals surface area contributed by atoms with Crippen LogP contribution < -0.4 is 10.9 Å². The summed E-state index contributed by atoms with van der Waals surface area (Å²) in [6.45, 7) is 2.86. The van der Waals surface area contributed by atoms with Gasteiger partial charge < -0.3 is 10.3 Å². The molecule has 2 heterocycles. The molecule has 2 N–H and O–H groups in total. The molecule has 0 saturated heterocycles. The van der Waals surface area contributed by atoms with Crippen LogP contribution in [0.1, 0.15) is 16.7 Å². The number of aromatic nitrogens is 3. The Morgan fingerprint density at radius 1 is 0.944 bits per heavy atom. The molecule has 0 aliphatic heterocycles. The van der Waals surface area contributed by atoms with Crippen molar-refractivity contribution in [3.63, 3.8) is 0 Å². The lowest BCUT2D eigenvalue weighted by atomic mass is 10.1. The van der Waals surface area contributed by atoms with Crippen LogP contribution in [-0.4, -0.2) is 26.2 Å². The first-order chi connectivity index (χ1) is 17.6. The van der Waals surface area contributed by atoms with Gasteiger partial charge in [0.2, 0.25) is 5.91 Å². The van der Waals surface area contributed by atoms with Gasteiger partial charge in [-0.15, -0.1) is 0 Å². The minimum Gasteiger partial charge on any atom is -0.355 e. The molecule has 5 aromatic rings. The molecule has 180 valence electrons. The smallest absolute Gasteiger partial charge is 0.278 e. The monoisotopic (exact) mass is 494 g/mol. The summed E-state index contributed by atoms with van der Waals surface area (Å²) in [4.78, 5) is 34.2. The highest BCUT2D eigenvalue weighted by atomic mass is 32.2. The lowest BCUT2D eigenvalue weighted by Gasteiger charge is -2.13. The van der Waals surface area contributed by atoms with E-state index in [0.29, 0.717) is 29.3 Å². The third-order valence-corrected chi connectivity index (χ3v) is 6.94. The molecule has 6 nitrogen and oxygen atoms in total. The van der Waals surface area contributed by atoms with Gasteiger partial charge in [-0.2, -0.15) is 0 Å². The molecule has 0 aliphatic rings. The second-order valence-corrected chi connectivity index (χ2v) is 9.56. The van der Waals surface area contributed by atoms with Crippen molar-refractivity contribution in [3.8, 4) is 11.1 Å². The van der Waals surface area contributed by atoms with Crippen molar-refractivity contribution in [2.45, 2.75) is 25.2 Å². The Morgan fingerprint density at radius 2 is 1.64 bits per heavy atom. The van der Waals surface area contributed by atoms with Crippen molar-refractivity contribution in [3.05, 3.63) is 118 Å². The lowest BCUT2D eigenvalue weighted by molar-refractivity contribution is -0.118. The topological polar surface area (TPSA) is 79.8 Å². The van der Waals surface area contributed by atoms with Gasteiger partial charge in [0.1, 0.15) is 11.0 Å². The Labute approximate surface area is 213 Å². The van der Waals surface area contributed by atoms with Gasteiger partial charge >= 0.3 is 0 Å². The van der Waals surface area contributed by atoms with Crippen molar-refractivity contribution in [2.24, 2.45) is 0 Å². The second-order valence-electron chi connectivity index (χ2n) is 8.61. The Kier molecular flexibility index (Phi) is 7.00. The number of nitrogens with one attached hydrogen (secondary N) is 2. The normalized spacial score (nSPS) is 11.0. The van der Waals surface area contributed by atoms with Gasteiger partial charge in [-0.05, 0) is 23.6 Å². The molecular weight excluding hydrogens is 468 g/mol. The SMILES string of the molecule is Cc1ccc(CNC(=O)CSc2nc3c(-c4ccccc4)c[nH]c3c(=O)n2Cc2ccccc2)cc1. The van der Waals surface area contributed by atoms with Crippen LogP contribution in [0.5, 0.6) is 0 Å². The number of thioether (sulfide) groups is 1. The summed E-state index contributed by atoms with van der Waals surface area (Å²) in [5.74, 6) is 0.0440. The zero-order valence-electron chi connectivity index (χ0n) is 19.9. The molecule has 2 aromatic heterocycles. The van der Waals surface area contributed by atoms with Crippen molar-refractivity contribution < 1.29 is 4.79 Å². The second kappa shape index (κ2) is 10.7. The van der Waals surface area contributed by atoms with Crippen LogP contribution in [0.15, 0.2) is 101 Å². The number of fused-ring (bicyclic) bond motifs is 1. The van der Waals surface area contributed by atoms with E-state index in [4.69, 9.17) is 4.98 Å². The van der Waals surface area contributed by atoms with E-state index in [9.17, 15) is 9.59 Å². The number of aromatic amines is 1. The number of H-pyrrole nitrogens is 1. The number of hydrogen-bond acceptors (Lipinski definition) is 4. The predicted molar refractivity (Wildman–Crippen MR) is 145 cm³/mol. The largest absolute Gasteiger partial charge is 0.355 e. The zero-order chi connectivity index (χ0) is 24.9. The number of hydrogen-bond donors (Lipinski definition) is 2. The van der Waals surface area contributed by atoms with Crippen molar-refractivity contribution in [1.82, 2.24) is 19.9 Å². The standard InChI is InChI=1S/C29H26N4O2S/c1-20-12-14-21(15-13-20)16-30-25(34)19-36-29-32-26-24(23-10-6-3-7-11-23)17-31-27(26)28(35)33(29)18-22-8-4-2-5-9-22/h2-15,17,31H,16,18-19H2,1H3,(H,30,34). The number of benzene rings is 3. The zero-order valence-corrected chi connectivity index (χ0v) is 20.7. The van der Waals surface area contributed by atoms with Crippen molar-refractivity contribution >= 4 is 28.7 Å². The van der Waals surface area contributed by atoms with Crippen LogP contribution >= 0.6 is 11.8 Å². The molecule has 0 radical (unpaired) electrons. The summed E-state index contributed by atoms with van der Waals surface area (Å²) < 4.78 is 1.64. The molecule has 0 spiro atoms. The van der Waals surface area contributed by atoms with E-state index in [1.165, 1.54) is 17.3 Å². The third-order valence-electron chi connectivity index (χ3n) is 5.96. The van der Waals surface area contributed by atoms with E-state index >= 15 is 0 Å². The lowest BCUT2D eigenvalue weighted by Crippen LogP contribution is -2.27. The number of amides is 1. The van der Waals surface area contributed by atoms with Crippen LogP contribution in [0.4, 0.5) is 0 Å². The fraction of sp³-hybridized carbons (Fsp3) is 0.138. The van der Waals surface area contributed by atoms with Gasteiger partial charge in [0, 0.05) is 18.3 Å². The molecule has 0 fully saturated rings. The Balaban J connectivity index is 1.44. The van der Waals surface area contributed by atoms with Crippen LogP contribution in [0, 0.1) is 6.92 Å². The highest BCUT2D eigenvalue weighted by Crippen LogP contribution is 2.28. The quantitative estimate of drug-likeness (QED) is 0.231. The molecule has 3 aromatic carbocycles. The van der Waals surface area contributed by atoms with Crippen LogP contribution in [-0.2, 0) is 17.9 Å². The number of carbonyl (C=O) groups excluding carboxylic acids is 1. The molecular formula is C29H26N4O2S. The van der Waals surface area contributed by atoms with Gasteiger partial charge in [-0.25, -0.2) is 4.98 Å². The summed E-state index contributed by atoms with van der Waals surface area (Å²) in [7, 11) is 0. The van der Waals surface area contributed by atoms with E-state index in [1.54, 1.807) is 4.57 Å². The van der Waals surface area contributed by atoms with Gasteiger partial charge in [-0.1, -0.05) is 102 Å². The molecule has 0 aliphatic carbocycles. The summed E-state index contributed by atoms with van der Waals surface area (Å²) in [5.41, 5.74) is 5.95. The fourth-order valence-corrected chi connectivity index (χ4v) is 4.84. The Bertz CT molecular complexity index is 1540. The van der Waals surface area contributed by atoms with E-state index in [2.05, 4.69) is 10.3 Å². The number of nitrogens with zero attached hydrogens (tertiary/aromatic N) is 2. The number of aryl methyl sites for hydroxylation is 1. The van der Waals surface area contributed by atoms with Crippen LogP contribution in [0.25, 0.3) is 22.2 Å². The summed E-state index contributed by atoms with van der Waals surface area (Å²) in [6.07, 6.45) is 1.82. The fourth-order valence-electron chi connectivity index (χ4n) is 4.01. The highest BCUT2D eigenvalue weighted by molar-refractivity contribution is 7.99. The third kappa shape index (κ3) is 5.26. The maximum Gasteiger partial charge on any atom is 0.278 e. The maximum atomic E-state index is 13.6. The average Bonchev–Trinajstić information content (AvgIpc) is 3.34. The summed E-state index contributed by atoms with van der Waals surface area (Å²) in [5, 5.41) is 3.47. The molecule has 5 rings (SSSR count). The van der Waals surface area contributed by atoms with Gasteiger partial charge in [0.25, 0.3) is 5.56 Å². The average molecular weight is 495 g/mol. The number of rotatable bonds is 8. The molecule has 7 heteroatoms. The van der Waals surface area contributed by atoms with Crippen molar-refractivity contribution in [1.29, 1.82) is 0 Å². The van der Waals surface area contributed by atoms with Gasteiger partial charge in [0.05, 0.1) is 12.3 Å². The first kappa shape index (κ1) is 23.6. The van der Waals surface area contributed by atoms with E-state index in [0.717, 1.165) is 22.3 Å². The molecule has 36 heavy (non-hydrogen) atoms. The summed E-state index contributed by atoms with van der Waals surface area (Å²) >= 11 is 1.27. The van der Waals surface area contributed by atoms with E-state index < -0.39 is 0 Å². The minimum absolute atomic E-state index is 0.112. The first-order valence-electron chi connectivity index (χ1n) is 11.7. The van der Waals surface area contributed by atoms with Crippen LogP contribution in [0.2, 0.25) is 0 Å². The van der Waals surface area contributed by atoms with E-state index in [1.807, 2.05) is 98.0 Å². The molecule has 1 amide bonds.